The quantitative estimate of drug-likeness (QED) is 0.184. The summed E-state index contributed by atoms with van der Waals surface area (Å²) in [6.07, 6.45) is -10.3. The summed E-state index contributed by atoms with van der Waals surface area (Å²) in [4.78, 5) is 37.7. The fourth-order valence-electron chi connectivity index (χ4n) is 5.43. The van der Waals surface area contributed by atoms with Crippen LogP contribution in [0.5, 0.6) is 0 Å². The number of imidazole rings is 2. The van der Waals surface area contributed by atoms with Gasteiger partial charge in [0, 0.05) is 0 Å². The van der Waals surface area contributed by atoms with E-state index in [4.69, 9.17) is 68.1 Å². The van der Waals surface area contributed by atoms with Gasteiger partial charge < -0.3 is 35.2 Å². The van der Waals surface area contributed by atoms with E-state index in [-0.39, 0.29) is 43.3 Å². The Morgan fingerprint density at radius 1 is 0.870 bits per heavy atom. The van der Waals surface area contributed by atoms with E-state index in [1.807, 2.05) is 0 Å². The summed E-state index contributed by atoms with van der Waals surface area (Å²) < 4.78 is 61.8. The van der Waals surface area contributed by atoms with Crippen LogP contribution < -0.4 is 5.73 Å². The standard InChI is InChI=1S/C22H22Cl3N7O12P2/c23-7-1-9-10(2-8(7)24)32(22(25)30-9)21-17-15(34)12(42-21)4-40-45(35,36)43-16-14(33)11(3-39-46(37,38)44-17)41-20(16)31-6-29-13-18(26)27-5-28-19(13)31/h1-2,5-6,11-12,14-17,20-21,33-34H,3-4H2,(H,35,36)(H,37,38)(H2,26,27,28)/t11-,12-,14?,15?,16?,17?,20-,21-/m1/s1. The molecule has 7 rings (SSSR count). The monoisotopic (exact) mass is 743 g/mol. The van der Waals surface area contributed by atoms with Crippen molar-refractivity contribution in [1.82, 2.24) is 29.1 Å². The number of hydrogen-bond donors (Lipinski definition) is 5. The van der Waals surface area contributed by atoms with Gasteiger partial charge in [-0.05, 0) is 23.7 Å². The van der Waals surface area contributed by atoms with Gasteiger partial charge in [0.1, 0.15) is 48.5 Å². The van der Waals surface area contributed by atoms with Crippen LogP contribution in [0, 0.1) is 0 Å². The maximum Gasteiger partial charge on any atom is 0.472 e. The number of phosphoric acid groups is 2. The topological polar surface area (TPSA) is 258 Å². The van der Waals surface area contributed by atoms with Crippen LogP contribution >= 0.6 is 50.4 Å². The van der Waals surface area contributed by atoms with Crippen LogP contribution in [0.2, 0.25) is 15.3 Å². The summed E-state index contributed by atoms with van der Waals surface area (Å²) in [6.45, 7) is -1.61. The molecule has 0 saturated carbocycles. The van der Waals surface area contributed by atoms with Crippen LogP contribution in [0.25, 0.3) is 22.2 Å². The van der Waals surface area contributed by atoms with Crippen molar-refractivity contribution in [2.75, 3.05) is 18.9 Å². The molecule has 0 aliphatic carbocycles. The molecule has 10 atom stereocenters. The molecule has 0 spiro atoms. The van der Waals surface area contributed by atoms with Crippen LogP contribution in [-0.2, 0) is 36.7 Å². The Morgan fingerprint density at radius 2 is 1.46 bits per heavy atom. The second-order valence-electron chi connectivity index (χ2n) is 10.4. The highest BCUT2D eigenvalue weighted by atomic mass is 35.5. The summed E-state index contributed by atoms with van der Waals surface area (Å²) in [6, 6.07) is 2.82. The largest absolute Gasteiger partial charge is 0.472 e. The molecule has 1 aromatic carbocycles. The third-order valence-corrected chi connectivity index (χ3v) is 10.5. The van der Waals surface area contributed by atoms with Crippen LogP contribution in [0.1, 0.15) is 12.5 Å². The van der Waals surface area contributed by atoms with Gasteiger partial charge in [-0.25, -0.2) is 29.1 Å². The number of nitrogen functional groups attached to an aromatic ring is 1. The zero-order valence-corrected chi connectivity index (χ0v) is 26.7. The minimum atomic E-state index is -5.09. The van der Waals surface area contributed by atoms with E-state index in [0.29, 0.717) is 0 Å². The summed E-state index contributed by atoms with van der Waals surface area (Å²) in [5, 5.41) is 22.3. The van der Waals surface area contributed by atoms with Crippen molar-refractivity contribution < 1.29 is 56.7 Å². The van der Waals surface area contributed by atoms with Crippen LogP contribution in [0.15, 0.2) is 24.8 Å². The van der Waals surface area contributed by atoms with Gasteiger partial charge in [0.2, 0.25) is 5.28 Å². The first kappa shape index (κ1) is 32.5. The van der Waals surface area contributed by atoms with Crippen molar-refractivity contribution in [2.24, 2.45) is 0 Å². The van der Waals surface area contributed by atoms with Gasteiger partial charge in [0.15, 0.2) is 23.9 Å². The second kappa shape index (κ2) is 11.8. The number of rotatable bonds is 2. The molecule has 6 unspecified atom stereocenters. The molecule has 0 radical (unpaired) electrons. The van der Waals surface area contributed by atoms with Crippen LogP contribution in [0.3, 0.4) is 0 Å². The molecule has 3 aliphatic heterocycles. The van der Waals surface area contributed by atoms with E-state index in [1.54, 1.807) is 0 Å². The minimum Gasteiger partial charge on any atom is -0.387 e. The molecular formula is C22H22Cl3N7O12P2. The molecule has 3 saturated heterocycles. The van der Waals surface area contributed by atoms with Crippen LogP contribution in [-0.4, -0.2) is 98.9 Å². The molecule has 6 N–H and O–H groups in total. The van der Waals surface area contributed by atoms with E-state index in [9.17, 15) is 29.1 Å². The third-order valence-electron chi connectivity index (χ3n) is 7.54. The highest BCUT2D eigenvalue weighted by Crippen LogP contribution is 2.54. The number of nitrogens with two attached hydrogens (primary N) is 1. The number of phosphoric ester groups is 2. The predicted molar refractivity (Wildman–Crippen MR) is 156 cm³/mol. The van der Waals surface area contributed by atoms with Crippen molar-refractivity contribution in [2.45, 2.75) is 49.1 Å². The van der Waals surface area contributed by atoms with E-state index < -0.39 is 77.9 Å². The summed E-state index contributed by atoms with van der Waals surface area (Å²) in [5.74, 6) is 0.0244. The van der Waals surface area contributed by atoms with Gasteiger partial charge in [-0.2, -0.15) is 0 Å². The van der Waals surface area contributed by atoms with Crippen LogP contribution in [0.4, 0.5) is 5.82 Å². The molecule has 3 aromatic heterocycles. The Balaban J connectivity index is 1.23. The van der Waals surface area contributed by atoms with E-state index in [0.717, 1.165) is 6.33 Å². The average molecular weight is 745 g/mol. The first-order valence-corrected chi connectivity index (χ1v) is 17.3. The second-order valence-corrected chi connectivity index (χ2v) is 14.3. The fraction of sp³-hybridized carbons (Fsp3) is 0.455. The molecular weight excluding hydrogens is 723 g/mol. The number of ether oxygens (including phenoxy) is 2. The number of aliphatic hydroxyl groups excluding tert-OH is 2. The highest BCUT2D eigenvalue weighted by molar-refractivity contribution is 7.47. The number of hydrogen-bond acceptors (Lipinski definition) is 15. The maximum atomic E-state index is 13.2. The van der Waals surface area contributed by atoms with Crippen molar-refractivity contribution in [3.8, 4) is 0 Å². The van der Waals surface area contributed by atoms with Gasteiger partial charge >= 0.3 is 15.6 Å². The molecule has 24 heteroatoms. The zero-order chi connectivity index (χ0) is 32.7. The molecule has 0 amide bonds. The predicted octanol–water partition coefficient (Wildman–Crippen LogP) is 1.95. The number of benzene rings is 1. The lowest BCUT2D eigenvalue weighted by Crippen LogP contribution is -2.38. The summed E-state index contributed by atoms with van der Waals surface area (Å²) in [7, 11) is -10.2. The maximum absolute atomic E-state index is 13.2. The molecule has 46 heavy (non-hydrogen) atoms. The highest BCUT2D eigenvalue weighted by Gasteiger charge is 2.54. The number of nitrogens with zero attached hydrogens (tertiary/aromatic N) is 6. The Morgan fingerprint density at radius 3 is 2.11 bits per heavy atom. The first-order chi connectivity index (χ1) is 21.7. The molecule has 19 nitrogen and oxygen atoms in total. The van der Waals surface area contributed by atoms with Gasteiger partial charge in [-0.3, -0.25) is 27.2 Å². The number of aromatic nitrogens is 6. The molecule has 6 heterocycles. The van der Waals surface area contributed by atoms with Crippen molar-refractivity contribution in [3.63, 3.8) is 0 Å². The number of halogens is 3. The SMILES string of the molecule is Nc1ncnc2c1ncn2[C@@H]1O[C@@H]2COP(=O)(O)OC3C(O)[C@@H](COP(=O)(O)OC1C2O)O[C@H]3n1c(Cl)nc2cc(Cl)c(Cl)cc21. The van der Waals surface area contributed by atoms with Crippen molar-refractivity contribution >= 4 is 78.5 Å². The zero-order valence-electron chi connectivity index (χ0n) is 22.7. The van der Waals surface area contributed by atoms with Gasteiger partial charge in [-0.15, -0.1) is 0 Å². The van der Waals surface area contributed by atoms with Crippen molar-refractivity contribution in [3.05, 3.63) is 40.1 Å². The smallest absolute Gasteiger partial charge is 0.387 e. The summed E-state index contributed by atoms with van der Waals surface area (Å²) in [5.41, 5.74) is 6.65. The average Bonchev–Trinajstić information content (AvgIpc) is 3.71. The Kier molecular flexibility index (Phi) is 8.37. The van der Waals surface area contributed by atoms with Gasteiger partial charge in [0.25, 0.3) is 0 Å². The number of anilines is 1. The number of aliphatic hydroxyl groups is 2. The minimum absolute atomic E-state index is 0.0244. The molecule has 3 aliphatic rings. The molecule has 4 aromatic rings. The lowest BCUT2D eigenvalue weighted by Gasteiger charge is -2.26. The Bertz CT molecular complexity index is 1930. The Labute approximate surface area is 271 Å². The normalized spacial score (nSPS) is 37.2. The number of fused-ring (bicyclic) bond motifs is 6. The van der Waals surface area contributed by atoms with Gasteiger partial charge in [-0.1, -0.05) is 23.2 Å². The fourth-order valence-corrected chi connectivity index (χ4v) is 7.89. The third kappa shape index (κ3) is 5.72. The Hall–Kier alpha value is -2.03. The first-order valence-electron chi connectivity index (χ1n) is 13.2. The van der Waals surface area contributed by atoms with E-state index in [1.165, 1.54) is 27.6 Å². The van der Waals surface area contributed by atoms with E-state index in [2.05, 4.69) is 19.9 Å². The van der Waals surface area contributed by atoms with Crippen molar-refractivity contribution in [1.29, 1.82) is 0 Å². The molecule has 3 fully saturated rings. The lowest BCUT2D eigenvalue weighted by atomic mass is 10.1. The lowest BCUT2D eigenvalue weighted by molar-refractivity contribution is -0.0674. The molecule has 248 valence electrons. The molecule has 4 bridgehead atoms. The van der Waals surface area contributed by atoms with Gasteiger partial charge in [0.05, 0.1) is 40.6 Å². The van der Waals surface area contributed by atoms with E-state index >= 15 is 0 Å². The summed E-state index contributed by atoms with van der Waals surface area (Å²) >= 11 is 18.7.